The maximum Gasteiger partial charge on any atom is 0.137 e. The van der Waals surface area contributed by atoms with Gasteiger partial charge in [0.15, 0.2) is 0 Å². The van der Waals surface area contributed by atoms with E-state index >= 15 is 0 Å². The van der Waals surface area contributed by atoms with Crippen molar-refractivity contribution in [1.82, 2.24) is 0 Å². The third-order valence-corrected chi connectivity index (χ3v) is 3.65. The summed E-state index contributed by atoms with van der Waals surface area (Å²) in [4.78, 5) is 0. The van der Waals surface area contributed by atoms with Crippen LogP contribution in [0, 0.1) is 12.8 Å². The Kier molecular flexibility index (Phi) is 3.53. The van der Waals surface area contributed by atoms with Crippen LogP contribution in [0.25, 0.3) is 11.0 Å². The minimum atomic E-state index is 0.0109. The first-order chi connectivity index (χ1) is 8.17. The second-order valence-corrected chi connectivity index (χ2v) is 4.74. The summed E-state index contributed by atoms with van der Waals surface area (Å²) in [5, 5.41) is 1.15. The van der Waals surface area contributed by atoms with Gasteiger partial charge in [0.25, 0.3) is 0 Å². The molecule has 0 fully saturated rings. The van der Waals surface area contributed by atoms with Crippen molar-refractivity contribution in [1.29, 1.82) is 0 Å². The van der Waals surface area contributed by atoms with Crippen molar-refractivity contribution in [2.45, 2.75) is 39.7 Å². The van der Waals surface area contributed by atoms with E-state index in [4.69, 9.17) is 10.2 Å². The highest BCUT2D eigenvalue weighted by Crippen LogP contribution is 2.30. The van der Waals surface area contributed by atoms with Gasteiger partial charge < -0.3 is 10.2 Å². The molecule has 0 radical (unpaired) electrons. The quantitative estimate of drug-likeness (QED) is 0.857. The minimum absolute atomic E-state index is 0.0109. The predicted octanol–water partition coefficient (Wildman–Crippen LogP) is 4.18. The van der Waals surface area contributed by atoms with Crippen molar-refractivity contribution < 1.29 is 4.42 Å². The maximum atomic E-state index is 6.28. The molecule has 0 spiro atoms. The number of aryl methyl sites for hydroxylation is 1. The predicted molar refractivity (Wildman–Crippen MR) is 72.0 cm³/mol. The topological polar surface area (TPSA) is 39.2 Å². The minimum Gasteiger partial charge on any atom is -0.459 e. The lowest BCUT2D eigenvalue weighted by molar-refractivity contribution is 0.355. The molecule has 0 aliphatic heterocycles. The molecule has 2 rings (SSSR count). The summed E-state index contributed by atoms with van der Waals surface area (Å²) in [5.41, 5.74) is 8.43. The Morgan fingerprint density at radius 1 is 1.24 bits per heavy atom. The van der Waals surface area contributed by atoms with Gasteiger partial charge >= 0.3 is 0 Å². The molecule has 0 aliphatic carbocycles. The summed E-state index contributed by atoms with van der Waals surface area (Å²) in [6.45, 7) is 6.43. The van der Waals surface area contributed by atoms with Gasteiger partial charge in [-0.3, -0.25) is 0 Å². The Morgan fingerprint density at radius 3 is 2.53 bits per heavy atom. The van der Waals surface area contributed by atoms with E-state index in [9.17, 15) is 0 Å². The van der Waals surface area contributed by atoms with Gasteiger partial charge in [0, 0.05) is 5.39 Å². The largest absolute Gasteiger partial charge is 0.459 e. The number of furan rings is 1. The van der Waals surface area contributed by atoms with Crippen LogP contribution in [0.5, 0.6) is 0 Å². The van der Waals surface area contributed by atoms with Crippen molar-refractivity contribution in [2.24, 2.45) is 11.7 Å². The van der Waals surface area contributed by atoms with Crippen LogP contribution < -0.4 is 5.73 Å². The normalized spacial score (nSPS) is 13.5. The highest BCUT2D eigenvalue weighted by atomic mass is 16.3. The van der Waals surface area contributed by atoms with Gasteiger partial charge in [-0.1, -0.05) is 44.9 Å². The zero-order valence-electron chi connectivity index (χ0n) is 10.9. The first kappa shape index (κ1) is 12.2. The van der Waals surface area contributed by atoms with Crippen molar-refractivity contribution in [3.05, 3.63) is 35.6 Å². The smallest absolute Gasteiger partial charge is 0.137 e. The molecule has 17 heavy (non-hydrogen) atoms. The molecular formula is C15H21NO. The third-order valence-electron chi connectivity index (χ3n) is 3.65. The second kappa shape index (κ2) is 4.92. The van der Waals surface area contributed by atoms with Crippen LogP contribution in [0.2, 0.25) is 0 Å². The summed E-state index contributed by atoms with van der Waals surface area (Å²) < 4.78 is 5.92. The molecule has 1 aromatic carbocycles. The Balaban J connectivity index is 2.39. The Morgan fingerprint density at radius 2 is 1.94 bits per heavy atom. The zero-order valence-corrected chi connectivity index (χ0v) is 10.9. The molecule has 0 amide bonds. The van der Waals surface area contributed by atoms with E-state index < -0.39 is 0 Å². The molecule has 0 aliphatic rings. The number of nitrogens with two attached hydrogens (primary N) is 1. The van der Waals surface area contributed by atoms with Gasteiger partial charge in [0.2, 0.25) is 0 Å². The standard InChI is InChI=1S/C15H21NO/c1-4-11(5-2)14(16)13-9-12-8-6-7-10(3)15(12)17-13/h6-9,11,14H,4-5,16H2,1-3H3. The monoisotopic (exact) mass is 231 g/mol. The number of para-hydroxylation sites is 1. The zero-order chi connectivity index (χ0) is 12.4. The molecule has 2 aromatic rings. The molecule has 2 N–H and O–H groups in total. The average Bonchev–Trinajstić information content (AvgIpc) is 2.76. The summed E-state index contributed by atoms with van der Waals surface area (Å²) in [6, 6.07) is 8.30. The summed E-state index contributed by atoms with van der Waals surface area (Å²) >= 11 is 0. The molecule has 1 atom stereocenters. The lowest BCUT2D eigenvalue weighted by Gasteiger charge is -2.18. The van der Waals surface area contributed by atoms with Crippen LogP contribution in [-0.4, -0.2) is 0 Å². The third kappa shape index (κ3) is 2.22. The fourth-order valence-corrected chi connectivity index (χ4v) is 2.42. The van der Waals surface area contributed by atoms with Gasteiger partial charge in [0.05, 0.1) is 6.04 Å². The van der Waals surface area contributed by atoms with Crippen molar-refractivity contribution in [3.63, 3.8) is 0 Å². The van der Waals surface area contributed by atoms with E-state index in [0.29, 0.717) is 5.92 Å². The SMILES string of the molecule is CCC(CC)C(N)c1cc2cccc(C)c2o1. The van der Waals surface area contributed by atoms with E-state index in [0.717, 1.165) is 29.6 Å². The molecule has 1 unspecified atom stereocenters. The molecule has 0 saturated carbocycles. The highest BCUT2D eigenvalue weighted by Gasteiger charge is 2.20. The molecule has 2 heteroatoms. The lowest BCUT2D eigenvalue weighted by Crippen LogP contribution is -2.19. The highest BCUT2D eigenvalue weighted by molar-refractivity contribution is 5.80. The van der Waals surface area contributed by atoms with Crippen LogP contribution >= 0.6 is 0 Å². The summed E-state index contributed by atoms with van der Waals surface area (Å²) in [6.07, 6.45) is 2.18. The molecule has 0 bridgehead atoms. The Labute approximate surface area is 103 Å². The van der Waals surface area contributed by atoms with Crippen molar-refractivity contribution in [2.75, 3.05) is 0 Å². The molecule has 0 saturated heterocycles. The van der Waals surface area contributed by atoms with Crippen LogP contribution in [0.4, 0.5) is 0 Å². The van der Waals surface area contributed by atoms with Crippen LogP contribution in [0.15, 0.2) is 28.7 Å². The number of hydrogen-bond acceptors (Lipinski definition) is 2. The van der Waals surface area contributed by atoms with Crippen molar-refractivity contribution >= 4 is 11.0 Å². The molecule has 92 valence electrons. The molecule has 1 heterocycles. The summed E-state index contributed by atoms with van der Waals surface area (Å²) in [5.74, 6) is 1.42. The maximum absolute atomic E-state index is 6.28. The van der Waals surface area contributed by atoms with Crippen LogP contribution in [0.3, 0.4) is 0 Å². The second-order valence-electron chi connectivity index (χ2n) is 4.74. The molecule has 1 aromatic heterocycles. The van der Waals surface area contributed by atoms with Crippen molar-refractivity contribution in [3.8, 4) is 0 Å². The molecular weight excluding hydrogens is 210 g/mol. The van der Waals surface area contributed by atoms with E-state index in [2.05, 4.69) is 45.0 Å². The van der Waals surface area contributed by atoms with Gasteiger partial charge in [-0.05, 0) is 24.5 Å². The number of hydrogen-bond donors (Lipinski definition) is 1. The van der Waals surface area contributed by atoms with Crippen LogP contribution in [-0.2, 0) is 0 Å². The van der Waals surface area contributed by atoms with Gasteiger partial charge in [-0.2, -0.15) is 0 Å². The van der Waals surface area contributed by atoms with Gasteiger partial charge in [-0.25, -0.2) is 0 Å². The van der Waals surface area contributed by atoms with Crippen LogP contribution in [0.1, 0.15) is 44.1 Å². The van der Waals surface area contributed by atoms with E-state index in [1.54, 1.807) is 0 Å². The first-order valence-corrected chi connectivity index (χ1v) is 6.42. The van der Waals surface area contributed by atoms with Gasteiger partial charge in [-0.15, -0.1) is 0 Å². The van der Waals surface area contributed by atoms with E-state index in [1.165, 1.54) is 5.56 Å². The average molecular weight is 231 g/mol. The van der Waals surface area contributed by atoms with E-state index in [-0.39, 0.29) is 6.04 Å². The fraction of sp³-hybridized carbons (Fsp3) is 0.467. The first-order valence-electron chi connectivity index (χ1n) is 6.42. The summed E-state index contributed by atoms with van der Waals surface area (Å²) in [7, 11) is 0. The fourth-order valence-electron chi connectivity index (χ4n) is 2.42. The Hall–Kier alpha value is -1.28. The van der Waals surface area contributed by atoms with E-state index in [1.807, 2.05) is 0 Å². The van der Waals surface area contributed by atoms with Gasteiger partial charge in [0.1, 0.15) is 11.3 Å². The Bertz CT molecular complexity index is 497. The lowest BCUT2D eigenvalue weighted by atomic mass is 9.93. The molecule has 2 nitrogen and oxygen atoms in total. The number of benzene rings is 1. The number of rotatable bonds is 4. The number of fused-ring (bicyclic) bond motifs is 1.